The number of nitrogens with zero attached hydrogens (tertiary/aromatic N) is 5. The molecule has 61 heavy (non-hydrogen) atoms. The number of ether oxygens (including phenoxy) is 1. The summed E-state index contributed by atoms with van der Waals surface area (Å²) in [6.07, 6.45) is 1.68. The average Bonchev–Trinajstić information content (AvgIpc) is 4.06. The number of halogens is 4. The normalized spacial score (nSPS) is 13.8. The van der Waals surface area contributed by atoms with E-state index in [4.69, 9.17) is 14.7 Å². The van der Waals surface area contributed by atoms with Gasteiger partial charge < -0.3 is 4.74 Å². The van der Waals surface area contributed by atoms with Gasteiger partial charge in [0.05, 0.1) is 20.5 Å². The third-order valence-electron chi connectivity index (χ3n) is 10.4. The number of benzene rings is 6. The SMILES string of the molecule is O=C1C(=Cc2nc3c4nn(C(=O)OCc5ccccc5)nc4c4nc(C=C5C(=O)c6cc7cc(F)c(F)cc7cc6C5=O)sc4c3s2)C(=O)c2cc3cc(F)c(F)cc3cc21. The first kappa shape index (κ1) is 36.4. The lowest BCUT2D eigenvalue weighted by Crippen LogP contribution is -2.16. The van der Waals surface area contributed by atoms with Gasteiger partial charge in [0.15, 0.2) is 46.4 Å². The fourth-order valence-corrected chi connectivity index (χ4v) is 9.70. The molecule has 0 aliphatic heterocycles. The molecule has 294 valence electrons. The maximum absolute atomic E-state index is 14.0. The summed E-state index contributed by atoms with van der Waals surface area (Å²) in [5, 5.41) is 10.1. The van der Waals surface area contributed by atoms with Crippen LogP contribution in [0.3, 0.4) is 0 Å². The Balaban J connectivity index is 1.03. The molecule has 9 aromatic rings. The highest BCUT2D eigenvalue weighted by atomic mass is 32.1. The van der Waals surface area contributed by atoms with Gasteiger partial charge in [0.2, 0.25) is 0 Å². The Morgan fingerprint density at radius 1 is 0.557 bits per heavy atom. The fourth-order valence-electron chi connectivity index (χ4n) is 7.55. The second-order valence-electron chi connectivity index (χ2n) is 14.1. The molecule has 17 heteroatoms. The molecule has 6 aromatic carbocycles. The van der Waals surface area contributed by atoms with Crippen molar-refractivity contribution in [1.82, 2.24) is 25.0 Å². The van der Waals surface area contributed by atoms with Gasteiger partial charge in [0, 0.05) is 22.3 Å². The number of Topliss-reactive ketones (excluding diaryl/α,β-unsaturated/α-hetero) is 4. The van der Waals surface area contributed by atoms with E-state index in [1.807, 2.05) is 6.07 Å². The van der Waals surface area contributed by atoms with Crippen LogP contribution in [0, 0.1) is 23.3 Å². The van der Waals surface area contributed by atoms with Crippen molar-refractivity contribution < 1.29 is 46.3 Å². The van der Waals surface area contributed by atoms with Gasteiger partial charge in [0.1, 0.15) is 38.7 Å². The van der Waals surface area contributed by atoms with Crippen molar-refractivity contribution in [3.05, 3.63) is 151 Å². The monoisotopic (exact) mass is 851 g/mol. The summed E-state index contributed by atoms with van der Waals surface area (Å²) < 4.78 is 62.5. The van der Waals surface area contributed by atoms with Gasteiger partial charge in [-0.05, 0) is 87.8 Å². The van der Waals surface area contributed by atoms with Crippen LogP contribution in [0.2, 0.25) is 0 Å². The minimum absolute atomic E-state index is 0.0170. The molecule has 0 amide bonds. The molecule has 0 saturated heterocycles. The maximum Gasteiger partial charge on any atom is 0.452 e. The Hall–Kier alpha value is -7.63. The molecule has 0 atom stereocenters. The Morgan fingerprint density at radius 2 is 0.934 bits per heavy atom. The lowest BCUT2D eigenvalue weighted by atomic mass is 10.0. The first-order valence-electron chi connectivity index (χ1n) is 18.1. The van der Waals surface area contributed by atoms with E-state index in [9.17, 15) is 41.5 Å². The standard InChI is InChI=1S/C44H17F4N5O6S2/c45-28-10-18-6-22-23(7-19(18)11-29(28)46)39(55)26(38(22)54)14-32-49-36-34-35(52-53(51-34)44(58)59-16-17-4-2-1-3-5-17)37-43(42(36)60-32)61-33(50-37)15-27-40(56)24-8-20-12-30(47)31(48)13-21(20)9-25(24)41(27)57/h1-15H,16H2. The smallest absolute Gasteiger partial charge is 0.442 e. The van der Waals surface area contributed by atoms with E-state index < -0.39 is 52.5 Å². The van der Waals surface area contributed by atoms with Crippen molar-refractivity contribution in [3.63, 3.8) is 0 Å². The highest BCUT2D eigenvalue weighted by molar-refractivity contribution is 7.27. The first-order valence-corrected chi connectivity index (χ1v) is 19.7. The lowest BCUT2D eigenvalue weighted by molar-refractivity contribution is 0.0975. The highest BCUT2D eigenvalue weighted by Crippen LogP contribution is 2.42. The summed E-state index contributed by atoms with van der Waals surface area (Å²) in [6, 6.07) is 18.0. The predicted molar refractivity (Wildman–Crippen MR) is 217 cm³/mol. The number of rotatable bonds is 4. The molecule has 2 aliphatic rings. The second kappa shape index (κ2) is 13.2. The summed E-state index contributed by atoms with van der Waals surface area (Å²) in [5.74, 6) is -6.99. The number of thiazole rings is 2. The van der Waals surface area contributed by atoms with E-state index >= 15 is 0 Å². The van der Waals surface area contributed by atoms with Crippen molar-refractivity contribution in [2.45, 2.75) is 6.61 Å². The van der Waals surface area contributed by atoms with Crippen LogP contribution in [-0.2, 0) is 11.3 Å². The number of aromatic nitrogens is 5. The molecule has 0 radical (unpaired) electrons. The zero-order chi connectivity index (χ0) is 42.0. The maximum atomic E-state index is 14.0. The highest BCUT2D eigenvalue weighted by Gasteiger charge is 2.36. The van der Waals surface area contributed by atoms with Crippen LogP contribution in [0.5, 0.6) is 0 Å². The molecular formula is C44H17F4N5O6S2. The third-order valence-corrected chi connectivity index (χ3v) is 12.6. The molecular weight excluding hydrogens is 835 g/mol. The molecule has 2 aliphatic carbocycles. The fraction of sp³-hybridized carbons (Fsp3) is 0.0227. The van der Waals surface area contributed by atoms with Gasteiger partial charge >= 0.3 is 6.09 Å². The van der Waals surface area contributed by atoms with E-state index in [2.05, 4.69) is 10.2 Å². The second-order valence-corrected chi connectivity index (χ2v) is 16.2. The van der Waals surface area contributed by atoms with E-state index in [1.54, 1.807) is 24.3 Å². The average molecular weight is 852 g/mol. The van der Waals surface area contributed by atoms with Gasteiger partial charge in [-0.1, -0.05) is 35.1 Å². The molecule has 11 nitrogen and oxygen atoms in total. The van der Waals surface area contributed by atoms with Crippen LogP contribution < -0.4 is 0 Å². The largest absolute Gasteiger partial charge is 0.452 e. The minimum Gasteiger partial charge on any atom is -0.442 e. The zero-order valence-electron chi connectivity index (χ0n) is 30.4. The van der Waals surface area contributed by atoms with Crippen molar-refractivity contribution in [2.75, 3.05) is 0 Å². The number of ketones is 4. The van der Waals surface area contributed by atoms with Crippen LogP contribution in [0.25, 0.3) is 65.2 Å². The summed E-state index contributed by atoms with van der Waals surface area (Å²) in [5.41, 5.74) is 0.970. The van der Waals surface area contributed by atoms with Crippen LogP contribution in [0.1, 0.15) is 57.0 Å². The Bertz CT molecular complexity index is 3310. The van der Waals surface area contributed by atoms with Crippen molar-refractivity contribution in [1.29, 1.82) is 0 Å². The quantitative estimate of drug-likeness (QED) is 0.0951. The van der Waals surface area contributed by atoms with Crippen LogP contribution in [-0.4, -0.2) is 54.2 Å². The Kier molecular flexibility index (Phi) is 7.88. The summed E-state index contributed by atoms with van der Waals surface area (Å²) in [7, 11) is 0. The Labute approximate surface area is 344 Å². The molecule has 0 bridgehead atoms. The summed E-state index contributed by atoms with van der Waals surface area (Å²) in [4.78, 5) is 77.9. The molecule has 3 aromatic heterocycles. The molecule has 3 heterocycles. The van der Waals surface area contributed by atoms with Gasteiger partial charge in [-0.25, -0.2) is 32.3 Å². The number of carbonyl (C=O) groups excluding carboxylic acids is 5. The topological polar surface area (TPSA) is 151 Å². The van der Waals surface area contributed by atoms with Gasteiger partial charge in [-0.15, -0.1) is 32.9 Å². The first-order chi connectivity index (χ1) is 29.4. The number of fused-ring (bicyclic) bond motifs is 10. The Morgan fingerprint density at radius 3 is 1.31 bits per heavy atom. The molecule has 0 unspecified atom stereocenters. The number of allylic oxidation sites excluding steroid dienone is 2. The van der Waals surface area contributed by atoms with Gasteiger partial charge in [-0.2, -0.15) is 0 Å². The van der Waals surface area contributed by atoms with Crippen molar-refractivity contribution >= 4 is 117 Å². The lowest BCUT2D eigenvalue weighted by Gasteiger charge is -2.02. The molecule has 0 fully saturated rings. The van der Waals surface area contributed by atoms with Gasteiger partial charge in [-0.3, -0.25) is 19.2 Å². The van der Waals surface area contributed by atoms with Crippen molar-refractivity contribution in [2.24, 2.45) is 0 Å². The van der Waals surface area contributed by atoms with Crippen LogP contribution in [0.4, 0.5) is 22.4 Å². The van der Waals surface area contributed by atoms with Gasteiger partial charge in [0.25, 0.3) is 0 Å². The van der Waals surface area contributed by atoms with Crippen LogP contribution in [0.15, 0.2) is 90.0 Å². The molecule has 0 saturated carbocycles. The molecule has 0 spiro atoms. The number of carbonyl (C=O) groups is 5. The number of hydrogen-bond acceptors (Lipinski definition) is 12. The van der Waals surface area contributed by atoms with E-state index in [0.29, 0.717) is 15.0 Å². The van der Waals surface area contributed by atoms with Crippen molar-refractivity contribution in [3.8, 4) is 0 Å². The zero-order valence-corrected chi connectivity index (χ0v) is 32.0. The van der Waals surface area contributed by atoms with E-state index in [1.165, 1.54) is 36.4 Å². The minimum atomic E-state index is -1.10. The summed E-state index contributed by atoms with van der Waals surface area (Å²) >= 11 is 2.13. The van der Waals surface area contributed by atoms with E-state index in [0.717, 1.165) is 51.7 Å². The van der Waals surface area contributed by atoms with E-state index in [-0.39, 0.29) is 93.6 Å². The molecule has 11 rings (SSSR count). The number of hydrogen-bond donors (Lipinski definition) is 0. The summed E-state index contributed by atoms with van der Waals surface area (Å²) in [6.45, 7) is -0.0843. The van der Waals surface area contributed by atoms with Crippen LogP contribution >= 0.6 is 22.7 Å². The third kappa shape index (κ3) is 5.65. The predicted octanol–water partition coefficient (Wildman–Crippen LogP) is 9.62. The molecule has 0 N–H and O–H groups in total.